The Bertz CT molecular complexity index is 1070. The van der Waals surface area contributed by atoms with E-state index in [2.05, 4.69) is 25.4 Å². The molecule has 0 radical (unpaired) electrons. The van der Waals surface area contributed by atoms with Gasteiger partial charge in [0.15, 0.2) is 5.82 Å². The van der Waals surface area contributed by atoms with Crippen molar-refractivity contribution in [3.05, 3.63) is 63.3 Å². The van der Waals surface area contributed by atoms with Gasteiger partial charge in [0.1, 0.15) is 5.82 Å². The van der Waals surface area contributed by atoms with E-state index >= 15 is 0 Å². The molecule has 2 N–H and O–H groups in total. The van der Waals surface area contributed by atoms with Crippen molar-refractivity contribution < 1.29 is 4.79 Å². The molecule has 0 aliphatic carbocycles. The minimum Gasteiger partial charge on any atom is -0.306 e. The molecule has 4 heterocycles. The van der Waals surface area contributed by atoms with Crippen molar-refractivity contribution in [2.75, 3.05) is 5.32 Å². The maximum Gasteiger partial charge on any atom is 0.266 e. The van der Waals surface area contributed by atoms with Gasteiger partial charge in [-0.05, 0) is 23.6 Å². The Kier molecular flexibility index (Phi) is 3.39. The van der Waals surface area contributed by atoms with Crippen molar-refractivity contribution in [1.29, 1.82) is 0 Å². The molecule has 0 saturated carbocycles. The monoisotopic (exact) mass is 338 g/mol. The summed E-state index contributed by atoms with van der Waals surface area (Å²) in [6.07, 6.45) is 3.27. The van der Waals surface area contributed by atoms with E-state index in [1.807, 2.05) is 6.07 Å². The number of hydrogen-bond donors (Lipinski definition) is 2. The Labute approximate surface area is 138 Å². The Balaban J connectivity index is 1.79. The van der Waals surface area contributed by atoms with E-state index in [4.69, 9.17) is 0 Å². The van der Waals surface area contributed by atoms with Crippen molar-refractivity contribution in [2.45, 2.75) is 0 Å². The standard InChI is InChI=1S/C15H10N6O2S/c22-12-7-11(17-14(23)10-4-2-6-24-10)21-15(18-12)19-13(20-21)9-3-1-5-16-8-9/h1-8H,(H,17,23)(H,18,19,20,22). The van der Waals surface area contributed by atoms with E-state index in [-0.39, 0.29) is 23.1 Å². The van der Waals surface area contributed by atoms with Crippen LogP contribution in [0.15, 0.2) is 52.9 Å². The first kappa shape index (κ1) is 14.3. The van der Waals surface area contributed by atoms with Crippen LogP contribution in [0.3, 0.4) is 0 Å². The summed E-state index contributed by atoms with van der Waals surface area (Å²) >= 11 is 1.31. The fourth-order valence-electron chi connectivity index (χ4n) is 2.18. The van der Waals surface area contributed by atoms with Crippen molar-refractivity contribution >= 4 is 28.8 Å². The molecule has 118 valence electrons. The van der Waals surface area contributed by atoms with Crippen LogP contribution < -0.4 is 10.9 Å². The molecular formula is C15H10N6O2S. The van der Waals surface area contributed by atoms with Gasteiger partial charge in [-0.2, -0.15) is 9.50 Å². The minimum atomic E-state index is -0.380. The largest absolute Gasteiger partial charge is 0.306 e. The summed E-state index contributed by atoms with van der Waals surface area (Å²) in [7, 11) is 0. The molecule has 0 saturated heterocycles. The number of rotatable bonds is 3. The van der Waals surface area contributed by atoms with Crippen LogP contribution in [0.2, 0.25) is 0 Å². The second-order valence-corrected chi connectivity index (χ2v) is 5.81. The molecule has 0 bridgehead atoms. The number of carbonyl (C=O) groups is 1. The number of carbonyl (C=O) groups excluding carboxylic acids is 1. The molecule has 0 unspecified atom stereocenters. The quantitative estimate of drug-likeness (QED) is 0.592. The second kappa shape index (κ2) is 5.70. The Morgan fingerprint density at radius 2 is 2.21 bits per heavy atom. The summed E-state index contributed by atoms with van der Waals surface area (Å²) in [6.45, 7) is 0. The van der Waals surface area contributed by atoms with Crippen LogP contribution in [0.4, 0.5) is 5.82 Å². The number of H-pyrrole nitrogens is 1. The normalized spacial score (nSPS) is 10.8. The highest BCUT2D eigenvalue weighted by molar-refractivity contribution is 7.12. The smallest absolute Gasteiger partial charge is 0.266 e. The first-order valence-electron chi connectivity index (χ1n) is 6.96. The van der Waals surface area contributed by atoms with Crippen LogP contribution in [0.5, 0.6) is 0 Å². The number of nitrogens with zero attached hydrogens (tertiary/aromatic N) is 4. The van der Waals surface area contributed by atoms with Crippen LogP contribution in [-0.2, 0) is 0 Å². The lowest BCUT2D eigenvalue weighted by Gasteiger charge is -2.04. The highest BCUT2D eigenvalue weighted by atomic mass is 32.1. The van der Waals surface area contributed by atoms with Gasteiger partial charge in [0, 0.05) is 24.0 Å². The van der Waals surface area contributed by atoms with E-state index in [9.17, 15) is 9.59 Å². The van der Waals surface area contributed by atoms with E-state index in [1.165, 1.54) is 21.9 Å². The molecule has 4 aromatic rings. The van der Waals surface area contributed by atoms with E-state index < -0.39 is 0 Å². The van der Waals surface area contributed by atoms with Crippen molar-refractivity contribution in [3.63, 3.8) is 0 Å². The zero-order valence-corrected chi connectivity index (χ0v) is 12.9. The van der Waals surface area contributed by atoms with E-state index in [0.717, 1.165) is 0 Å². The third-order valence-corrected chi connectivity index (χ3v) is 4.11. The summed E-state index contributed by atoms with van der Waals surface area (Å²) in [4.78, 5) is 35.5. The molecule has 0 atom stereocenters. The molecule has 4 rings (SSSR count). The van der Waals surface area contributed by atoms with Crippen molar-refractivity contribution in [2.24, 2.45) is 0 Å². The number of thiophene rings is 1. The summed E-state index contributed by atoms with van der Waals surface area (Å²) in [5, 5.41) is 8.84. The van der Waals surface area contributed by atoms with Crippen LogP contribution in [-0.4, -0.2) is 30.5 Å². The van der Waals surface area contributed by atoms with Crippen LogP contribution in [0.25, 0.3) is 17.2 Å². The summed E-state index contributed by atoms with van der Waals surface area (Å²) in [6, 6.07) is 8.32. The fourth-order valence-corrected chi connectivity index (χ4v) is 2.80. The first-order chi connectivity index (χ1) is 11.7. The lowest BCUT2D eigenvalue weighted by atomic mass is 10.3. The number of aromatic nitrogens is 5. The summed E-state index contributed by atoms with van der Waals surface area (Å²) < 4.78 is 1.38. The van der Waals surface area contributed by atoms with Gasteiger partial charge in [-0.15, -0.1) is 16.4 Å². The third kappa shape index (κ3) is 2.57. The summed E-state index contributed by atoms with van der Waals surface area (Å²) in [5.41, 5.74) is 0.326. The molecule has 0 spiro atoms. The first-order valence-corrected chi connectivity index (χ1v) is 7.84. The number of anilines is 1. The summed E-state index contributed by atoms with van der Waals surface area (Å²) in [5.74, 6) is 0.574. The predicted octanol–water partition coefficient (Wildman–Crippen LogP) is 1.79. The van der Waals surface area contributed by atoms with Crippen molar-refractivity contribution in [3.8, 4) is 11.4 Å². The van der Waals surface area contributed by atoms with Gasteiger partial charge in [-0.3, -0.25) is 19.6 Å². The van der Waals surface area contributed by atoms with Gasteiger partial charge in [0.2, 0.25) is 5.78 Å². The van der Waals surface area contributed by atoms with Gasteiger partial charge in [0.25, 0.3) is 11.5 Å². The molecule has 1 amide bonds. The Hall–Kier alpha value is -3.33. The number of amides is 1. The third-order valence-electron chi connectivity index (χ3n) is 3.24. The SMILES string of the molecule is O=C(Nc1cc(=O)[nH]c2nc(-c3cccnc3)nn12)c1cccs1. The van der Waals surface area contributed by atoms with E-state index in [1.54, 1.807) is 36.0 Å². The van der Waals surface area contributed by atoms with Crippen LogP contribution >= 0.6 is 11.3 Å². The average molecular weight is 338 g/mol. The molecule has 0 aromatic carbocycles. The zero-order chi connectivity index (χ0) is 16.5. The highest BCUT2D eigenvalue weighted by Gasteiger charge is 2.14. The molecule has 8 nitrogen and oxygen atoms in total. The number of hydrogen-bond acceptors (Lipinski definition) is 6. The van der Waals surface area contributed by atoms with Gasteiger partial charge in [0.05, 0.1) is 4.88 Å². The fraction of sp³-hybridized carbons (Fsp3) is 0. The number of pyridine rings is 1. The number of nitrogens with one attached hydrogen (secondary N) is 2. The molecule has 24 heavy (non-hydrogen) atoms. The number of aromatic amines is 1. The molecule has 9 heteroatoms. The maximum absolute atomic E-state index is 12.2. The molecule has 0 fully saturated rings. The molecule has 0 aliphatic rings. The lowest BCUT2D eigenvalue weighted by molar-refractivity contribution is 0.103. The topological polar surface area (TPSA) is 105 Å². The van der Waals surface area contributed by atoms with Gasteiger partial charge >= 0.3 is 0 Å². The molecular weight excluding hydrogens is 328 g/mol. The van der Waals surface area contributed by atoms with Crippen molar-refractivity contribution in [1.82, 2.24) is 24.6 Å². The lowest BCUT2D eigenvalue weighted by Crippen LogP contribution is -2.18. The number of fused-ring (bicyclic) bond motifs is 1. The molecule has 4 aromatic heterocycles. The second-order valence-electron chi connectivity index (χ2n) is 4.86. The minimum absolute atomic E-state index is 0.239. The maximum atomic E-state index is 12.2. The predicted molar refractivity (Wildman–Crippen MR) is 89.1 cm³/mol. The van der Waals surface area contributed by atoms with E-state index in [0.29, 0.717) is 16.3 Å². The van der Waals surface area contributed by atoms with Gasteiger partial charge in [-0.1, -0.05) is 6.07 Å². The molecule has 0 aliphatic heterocycles. The van der Waals surface area contributed by atoms with Crippen LogP contribution in [0, 0.1) is 0 Å². The Morgan fingerprint density at radius 3 is 2.96 bits per heavy atom. The van der Waals surface area contributed by atoms with Crippen LogP contribution in [0.1, 0.15) is 9.67 Å². The van der Waals surface area contributed by atoms with Gasteiger partial charge in [-0.25, -0.2) is 0 Å². The highest BCUT2D eigenvalue weighted by Crippen LogP contribution is 2.17. The zero-order valence-electron chi connectivity index (χ0n) is 12.1. The average Bonchev–Trinajstić information content (AvgIpc) is 3.25. The Morgan fingerprint density at radius 1 is 1.29 bits per heavy atom. The van der Waals surface area contributed by atoms with Gasteiger partial charge < -0.3 is 5.32 Å².